The monoisotopic (exact) mass is 327 g/mol. The van der Waals surface area contributed by atoms with Crippen molar-refractivity contribution in [2.75, 3.05) is 5.73 Å². The van der Waals surface area contributed by atoms with Crippen molar-refractivity contribution in [2.45, 2.75) is 0 Å². The van der Waals surface area contributed by atoms with Crippen molar-refractivity contribution in [3.63, 3.8) is 0 Å². The van der Waals surface area contributed by atoms with Crippen LogP contribution < -0.4 is 5.73 Å². The third-order valence-electron chi connectivity index (χ3n) is 3.38. The Morgan fingerprint density at radius 2 is 2.00 bits per heavy atom. The Morgan fingerprint density at radius 1 is 1.15 bits per heavy atom. The maximum atomic E-state index is 6.23. The number of furan rings is 1. The van der Waals surface area contributed by atoms with Crippen LogP contribution in [-0.2, 0) is 0 Å². The zero-order valence-corrected chi connectivity index (χ0v) is 12.0. The fraction of sp³-hybridized carbons (Fsp3) is 0. The summed E-state index contributed by atoms with van der Waals surface area (Å²) in [5.74, 6) is 0.604. The summed E-state index contributed by atoms with van der Waals surface area (Å²) >= 11 is 3.50. The summed E-state index contributed by atoms with van der Waals surface area (Å²) in [5, 5.41) is 1.01. The predicted molar refractivity (Wildman–Crippen MR) is 82.5 cm³/mol. The zero-order chi connectivity index (χ0) is 13.7. The van der Waals surface area contributed by atoms with Gasteiger partial charge < -0.3 is 10.2 Å². The van der Waals surface area contributed by atoms with Crippen LogP contribution in [0.25, 0.3) is 27.9 Å². The number of pyridine rings is 1. The minimum Gasteiger partial charge on any atom is -0.464 e. The predicted octanol–water partition coefficient (Wildman–Crippen LogP) is 4.09. The fourth-order valence-corrected chi connectivity index (χ4v) is 2.84. The number of anilines is 1. The van der Waals surface area contributed by atoms with Gasteiger partial charge in [0.1, 0.15) is 23.4 Å². The smallest absolute Gasteiger partial charge is 0.153 e. The molecule has 0 aliphatic rings. The van der Waals surface area contributed by atoms with Gasteiger partial charge in [0.2, 0.25) is 0 Å². The van der Waals surface area contributed by atoms with Crippen LogP contribution in [0, 0.1) is 0 Å². The summed E-state index contributed by atoms with van der Waals surface area (Å²) in [7, 11) is 0. The fourth-order valence-electron chi connectivity index (χ4n) is 2.41. The molecule has 3 aromatic heterocycles. The number of nitrogen functional groups attached to an aromatic ring is 1. The molecule has 5 heteroatoms. The number of nitrogens with two attached hydrogens (primary N) is 1. The van der Waals surface area contributed by atoms with Gasteiger partial charge >= 0.3 is 0 Å². The van der Waals surface area contributed by atoms with Crippen LogP contribution in [0.3, 0.4) is 0 Å². The average Bonchev–Trinajstić information content (AvgIpc) is 3.02. The number of hydrogen-bond donors (Lipinski definition) is 1. The molecule has 1 aromatic carbocycles. The van der Waals surface area contributed by atoms with Crippen LogP contribution >= 0.6 is 15.9 Å². The van der Waals surface area contributed by atoms with Crippen LogP contribution in [0.4, 0.5) is 5.82 Å². The van der Waals surface area contributed by atoms with E-state index < -0.39 is 0 Å². The molecule has 0 bridgehead atoms. The first-order valence-corrected chi connectivity index (χ1v) is 6.93. The lowest BCUT2D eigenvalue weighted by molar-refractivity contribution is 0.617. The van der Waals surface area contributed by atoms with Gasteiger partial charge in [-0.05, 0) is 34.1 Å². The highest BCUT2D eigenvalue weighted by atomic mass is 79.9. The number of fused-ring (bicyclic) bond motifs is 2. The van der Waals surface area contributed by atoms with Crippen LogP contribution in [0.2, 0.25) is 0 Å². The Kier molecular flexibility index (Phi) is 2.37. The molecule has 4 nitrogen and oxygen atoms in total. The Labute approximate surface area is 123 Å². The first-order valence-electron chi connectivity index (χ1n) is 6.14. The lowest BCUT2D eigenvalue weighted by Gasteiger charge is -1.97. The molecule has 0 unspecified atom stereocenters. The van der Waals surface area contributed by atoms with Gasteiger partial charge in [0.15, 0.2) is 5.65 Å². The number of halogens is 1. The van der Waals surface area contributed by atoms with Crippen molar-refractivity contribution in [1.29, 1.82) is 0 Å². The van der Waals surface area contributed by atoms with Crippen LogP contribution in [-0.4, -0.2) is 9.38 Å². The zero-order valence-electron chi connectivity index (χ0n) is 10.4. The topological polar surface area (TPSA) is 56.5 Å². The van der Waals surface area contributed by atoms with Gasteiger partial charge in [-0.3, -0.25) is 4.40 Å². The van der Waals surface area contributed by atoms with E-state index in [0.717, 1.165) is 32.3 Å². The molecular weight excluding hydrogens is 318 g/mol. The lowest BCUT2D eigenvalue weighted by Crippen LogP contribution is -1.93. The Hall–Kier alpha value is -2.27. The second-order valence-corrected chi connectivity index (χ2v) is 5.40. The average molecular weight is 328 g/mol. The molecule has 2 N–H and O–H groups in total. The largest absolute Gasteiger partial charge is 0.464 e. The SMILES string of the molecule is Nc1c(-c2coc3ccccc23)nc2c(Br)cccn12. The van der Waals surface area contributed by atoms with Crippen LogP contribution in [0.15, 0.2) is 57.7 Å². The number of benzene rings is 1. The summed E-state index contributed by atoms with van der Waals surface area (Å²) in [6.07, 6.45) is 3.60. The number of aromatic nitrogens is 2. The minimum absolute atomic E-state index is 0.604. The van der Waals surface area contributed by atoms with Gasteiger partial charge in [0.05, 0.1) is 10.0 Å². The number of rotatable bonds is 1. The second-order valence-electron chi connectivity index (χ2n) is 4.54. The number of hydrogen-bond acceptors (Lipinski definition) is 3. The minimum atomic E-state index is 0.604. The quantitative estimate of drug-likeness (QED) is 0.572. The van der Waals surface area contributed by atoms with Crippen molar-refractivity contribution >= 4 is 38.4 Å². The molecule has 3 heterocycles. The van der Waals surface area contributed by atoms with E-state index in [-0.39, 0.29) is 0 Å². The maximum Gasteiger partial charge on any atom is 0.153 e. The molecule has 0 saturated heterocycles. The Morgan fingerprint density at radius 3 is 2.85 bits per heavy atom. The highest BCUT2D eigenvalue weighted by Gasteiger charge is 2.16. The summed E-state index contributed by atoms with van der Waals surface area (Å²) in [4.78, 5) is 4.64. The number of imidazole rings is 1. The highest BCUT2D eigenvalue weighted by Crippen LogP contribution is 2.34. The molecule has 20 heavy (non-hydrogen) atoms. The molecular formula is C15H10BrN3O. The molecule has 98 valence electrons. The molecule has 0 aliphatic carbocycles. The van der Waals surface area contributed by atoms with Crippen LogP contribution in [0.1, 0.15) is 0 Å². The summed E-state index contributed by atoms with van der Waals surface area (Å²) in [5.41, 5.74) is 9.50. The van der Waals surface area contributed by atoms with E-state index in [0.29, 0.717) is 5.82 Å². The normalized spacial score (nSPS) is 11.4. The van der Waals surface area contributed by atoms with E-state index in [1.807, 2.05) is 47.0 Å². The van der Waals surface area contributed by atoms with Crippen molar-refractivity contribution in [2.24, 2.45) is 0 Å². The standard InChI is InChI=1S/C15H10BrN3O/c16-11-5-3-7-19-14(17)13(18-15(11)19)10-8-20-12-6-2-1-4-9(10)12/h1-8H,17H2. The molecule has 4 rings (SSSR count). The van der Waals surface area contributed by atoms with Gasteiger partial charge in [0, 0.05) is 11.6 Å². The van der Waals surface area contributed by atoms with Crippen molar-refractivity contribution in [3.8, 4) is 11.3 Å². The van der Waals surface area contributed by atoms with Crippen molar-refractivity contribution in [3.05, 3.63) is 53.3 Å². The molecule has 0 amide bonds. The maximum absolute atomic E-state index is 6.23. The first kappa shape index (κ1) is 11.5. The van der Waals surface area contributed by atoms with E-state index in [9.17, 15) is 0 Å². The number of nitrogens with zero attached hydrogens (tertiary/aromatic N) is 2. The van der Waals surface area contributed by atoms with E-state index in [1.165, 1.54) is 0 Å². The molecule has 0 saturated carbocycles. The van der Waals surface area contributed by atoms with Gasteiger partial charge in [-0.25, -0.2) is 4.98 Å². The third kappa shape index (κ3) is 1.50. The van der Waals surface area contributed by atoms with Gasteiger partial charge in [-0.2, -0.15) is 0 Å². The molecule has 0 radical (unpaired) electrons. The van der Waals surface area contributed by atoms with Gasteiger partial charge in [-0.15, -0.1) is 0 Å². The highest BCUT2D eigenvalue weighted by molar-refractivity contribution is 9.10. The molecule has 0 atom stereocenters. The summed E-state index contributed by atoms with van der Waals surface area (Å²) in [6.45, 7) is 0. The van der Waals surface area contributed by atoms with E-state index in [2.05, 4.69) is 20.9 Å². The van der Waals surface area contributed by atoms with E-state index in [4.69, 9.17) is 10.2 Å². The first-order chi connectivity index (χ1) is 9.75. The van der Waals surface area contributed by atoms with E-state index >= 15 is 0 Å². The number of para-hydroxylation sites is 1. The molecule has 4 aromatic rings. The van der Waals surface area contributed by atoms with E-state index in [1.54, 1.807) is 6.26 Å². The summed E-state index contributed by atoms with van der Waals surface area (Å²) < 4.78 is 8.34. The van der Waals surface area contributed by atoms with Crippen molar-refractivity contribution < 1.29 is 4.42 Å². The van der Waals surface area contributed by atoms with Gasteiger partial charge in [0.25, 0.3) is 0 Å². The van der Waals surface area contributed by atoms with Crippen LogP contribution in [0.5, 0.6) is 0 Å². The second kappa shape index (κ2) is 4.11. The lowest BCUT2D eigenvalue weighted by atomic mass is 10.1. The summed E-state index contributed by atoms with van der Waals surface area (Å²) in [6, 6.07) is 11.7. The Balaban J connectivity index is 2.08. The molecule has 0 fully saturated rings. The molecule has 0 spiro atoms. The third-order valence-corrected chi connectivity index (χ3v) is 3.99. The molecule has 0 aliphatic heterocycles. The Bertz CT molecular complexity index is 939. The van der Waals surface area contributed by atoms with Gasteiger partial charge in [-0.1, -0.05) is 18.2 Å². The van der Waals surface area contributed by atoms with Crippen molar-refractivity contribution in [1.82, 2.24) is 9.38 Å².